The van der Waals surface area contributed by atoms with E-state index in [2.05, 4.69) is 15.6 Å². The standard InChI is InChI=1S/C21H28FN5/c1-4-23-20(25-14-16-8-7-13-24-19(16)27(2)3)26-15-21(11-12-21)17-9-5-6-10-18(17)22/h5-10,13H,4,11-12,14-15H2,1-3H3,(H2,23,25,26). The van der Waals surface area contributed by atoms with Crippen LogP contribution >= 0.6 is 0 Å². The largest absolute Gasteiger partial charge is 0.362 e. The van der Waals surface area contributed by atoms with Gasteiger partial charge in [0.15, 0.2) is 5.96 Å². The predicted molar refractivity (Wildman–Crippen MR) is 109 cm³/mol. The van der Waals surface area contributed by atoms with Crippen LogP contribution in [0, 0.1) is 5.82 Å². The number of rotatable bonds is 7. The molecule has 0 spiro atoms. The minimum atomic E-state index is -0.121. The van der Waals surface area contributed by atoms with E-state index >= 15 is 0 Å². The van der Waals surface area contributed by atoms with E-state index in [4.69, 9.17) is 4.99 Å². The average molecular weight is 369 g/mol. The topological polar surface area (TPSA) is 52.6 Å². The van der Waals surface area contributed by atoms with E-state index in [1.54, 1.807) is 18.3 Å². The third-order valence-electron chi connectivity index (χ3n) is 4.94. The second-order valence-electron chi connectivity index (χ2n) is 7.19. The molecule has 5 nitrogen and oxygen atoms in total. The van der Waals surface area contributed by atoms with Gasteiger partial charge in [-0.25, -0.2) is 14.4 Å². The van der Waals surface area contributed by atoms with Crippen LogP contribution in [0.4, 0.5) is 10.2 Å². The van der Waals surface area contributed by atoms with Crippen molar-refractivity contribution in [1.29, 1.82) is 0 Å². The Hall–Kier alpha value is -2.63. The molecule has 0 saturated heterocycles. The van der Waals surface area contributed by atoms with Gasteiger partial charge >= 0.3 is 0 Å². The fourth-order valence-electron chi connectivity index (χ4n) is 3.30. The van der Waals surface area contributed by atoms with E-state index in [-0.39, 0.29) is 11.2 Å². The van der Waals surface area contributed by atoms with E-state index in [1.165, 1.54) is 0 Å². The number of guanidine groups is 1. The van der Waals surface area contributed by atoms with Crippen molar-refractivity contribution in [3.8, 4) is 0 Å². The molecule has 1 aliphatic carbocycles. The summed E-state index contributed by atoms with van der Waals surface area (Å²) >= 11 is 0. The molecule has 1 heterocycles. The van der Waals surface area contributed by atoms with Crippen LogP contribution in [0.1, 0.15) is 30.9 Å². The molecule has 3 rings (SSSR count). The zero-order valence-corrected chi connectivity index (χ0v) is 16.3. The van der Waals surface area contributed by atoms with Gasteiger partial charge in [0.05, 0.1) is 6.54 Å². The van der Waals surface area contributed by atoms with E-state index in [1.807, 2.05) is 50.2 Å². The quantitative estimate of drug-likeness (QED) is 0.582. The van der Waals surface area contributed by atoms with Crippen LogP contribution < -0.4 is 15.5 Å². The van der Waals surface area contributed by atoms with Crippen LogP contribution in [0.5, 0.6) is 0 Å². The molecule has 0 bridgehead atoms. The number of benzene rings is 1. The van der Waals surface area contributed by atoms with Gasteiger partial charge in [-0.3, -0.25) is 0 Å². The molecule has 1 saturated carbocycles. The second kappa shape index (κ2) is 8.37. The SMILES string of the molecule is CCNC(=NCc1cccnc1N(C)C)NCC1(c2ccccc2F)CC1. The predicted octanol–water partition coefficient (Wildman–Crippen LogP) is 3.07. The van der Waals surface area contributed by atoms with Crippen molar-refractivity contribution in [2.75, 3.05) is 32.1 Å². The molecule has 2 aromatic rings. The summed E-state index contributed by atoms with van der Waals surface area (Å²) in [5.41, 5.74) is 1.75. The Balaban J connectivity index is 1.70. The summed E-state index contributed by atoms with van der Waals surface area (Å²) in [5.74, 6) is 1.54. The Morgan fingerprint density at radius 1 is 1.19 bits per heavy atom. The minimum Gasteiger partial charge on any atom is -0.362 e. The van der Waals surface area contributed by atoms with E-state index in [0.29, 0.717) is 13.1 Å². The van der Waals surface area contributed by atoms with Crippen LogP contribution in [0.3, 0.4) is 0 Å². The molecule has 6 heteroatoms. The van der Waals surface area contributed by atoms with Gasteiger partial charge in [0, 0.05) is 44.4 Å². The molecule has 27 heavy (non-hydrogen) atoms. The van der Waals surface area contributed by atoms with Crippen LogP contribution in [-0.2, 0) is 12.0 Å². The lowest BCUT2D eigenvalue weighted by atomic mass is 9.95. The summed E-state index contributed by atoms with van der Waals surface area (Å²) in [6.45, 7) is 4.01. The molecule has 0 amide bonds. The van der Waals surface area contributed by atoms with Gasteiger partial charge in [0.25, 0.3) is 0 Å². The number of nitrogens with one attached hydrogen (secondary N) is 2. The summed E-state index contributed by atoms with van der Waals surface area (Å²) in [6.07, 6.45) is 3.78. The lowest BCUT2D eigenvalue weighted by Crippen LogP contribution is -2.41. The van der Waals surface area contributed by atoms with Crippen LogP contribution in [0.15, 0.2) is 47.6 Å². The number of aliphatic imine (C=N–C) groups is 1. The molecular formula is C21H28FN5. The molecule has 0 unspecified atom stereocenters. The highest BCUT2D eigenvalue weighted by Gasteiger charge is 2.45. The molecular weight excluding hydrogens is 341 g/mol. The molecule has 0 atom stereocenters. The minimum absolute atomic E-state index is 0.120. The van der Waals surface area contributed by atoms with Crippen molar-refractivity contribution in [1.82, 2.24) is 15.6 Å². The molecule has 144 valence electrons. The fraction of sp³-hybridized carbons (Fsp3) is 0.429. The van der Waals surface area contributed by atoms with Crippen LogP contribution in [-0.4, -0.2) is 38.1 Å². The summed E-state index contributed by atoms with van der Waals surface area (Å²) in [7, 11) is 3.95. The monoisotopic (exact) mass is 369 g/mol. The molecule has 1 fully saturated rings. The average Bonchev–Trinajstić information content (AvgIpc) is 3.45. The number of hydrogen-bond donors (Lipinski definition) is 2. The Morgan fingerprint density at radius 3 is 2.63 bits per heavy atom. The number of anilines is 1. The normalized spacial score (nSPS) is 15.3. The highest BCUT2D eigenvalue weighted by molar-refractivity contribution is 5.80. The third-order valence-corrected chi connectivity index (χ3v) is 4.94. The molecule has 0 radical (unpaired) electrons. The molecule has 1 aliphatic rings. The first-order valence-corrected chi connectivity index (χ1v) is 9.44. The van der Waals surface area contributed by atoms with Crippen molar-refractivity contribution in [2.45, 2.75) is 31.7 Å². The molecule has 2 N–H and O–H groups in total. The van der Waals surface area contributed by atoms with Gasteiger partial charge in [-0.1, -0.05) is 24.3 Å². The highest BCUT2D eigenvalue weighted by Crippen LogP contribution is 2.48. The summed E-state index contributed by atoms with van der Waals surface area (Å²) in [6, 6.07) is 11.0. The Bertz CT molecular complexity index is 799. The van der Waals surface area contributed by atoms with E-state index in [0.717, 1.165) is 42.3 Å². The first-order chi connectivity index (χ1) is 13.1. The fourth-order valence-corrected chi connectivity index (χ4v) is 3.30. The van der Waals surface area contributed by atoms with Crippen molar-refractivity contribution >= 4 is 11.8 Å². The first-order valence-electron chi connectivity index (χ1n) is 9.44. The zero-order chi connectivity index (χ0) is 19.3. The smallest absolute Gasteiger partial charge is 0.191 e. The first kappa shape index (κ1) is 19.1. The highest BCUT2D eigenvalue weighted by atomic mass is 19.1. The number of nitrogens with zero attached hydrogens (tertiary/aromatic N) is 3. The van der Waals surface area contributed by atoms with Gasteiger partial charge in [0.1, 0.15) is 11.6 Å². The van der Waals surface area contributed by atoms with E-state index < -0.39 is 0 Å². The Kier molecular flexibility index (Phi) is 5.94. The Labute approximate surface area is 160 Å². The van der Waals surface area contributed by atoms with Gasteiger partial charge in [-0.15, -0.1) is 0 Å². The number of aromatic nitrogens is 1. The van der Waals surface area contributed by atoms with Crippen molar-refractivity contribution < 1.29 is 4.39 Å². The summed E-state index contributed by atoms with van der Waals surface area (Å²) < 4.78 is 14.2. The maximum absolute atomic E-state index is 14.2. The van der Waals surface area contributed by atoms with Gasteiger partial charge in [0.2, 0.25) is 0 Å². The van der Waals surface area contributed by atoms with Crippen LogP contribution in [0.2, 0.25) is 0 Å². The summed E-state index contributed by atoms with van der Waals surface area (Å²) in [4.78, 5) is 11.1. The third kappa shape index (κ3) is 4.56. The van der Waals surface area contributed by atoms with Crippen molar-refractivity contribution in [3.05, 3.63) is 59.5 Å². The summed E-state index contributed by atoms with van der Waals surface area (Å²) in [5, 5.41) is 6.69. The lowest BCUT2D eigenvalue weighted by molar-refractivity contribution is 0.559. The molecule has 1 aromatic carbocycles. The molecule has 0 aliphatic heterocycles. The Morgan fingerprint density at radius 2 is 1.96 bits per heavy atom. The van der Waals surface area contributed by atoms with Gasteiger partial charge < -0.3 is 15.5 Å². The van der Waals surface area contributed by atoms with E-state index in [9.17, 15) is 4.39 Å². The van der Waals surface area contributed by atoms with Crippen molar-refractivity contribution in [3.63, 3.8) is 0 Å². The zero-order valence-electron chi connectivity index (χ0n) is 16.3. The maximum atomic E-state index is 14.2. The lowest BCUT2D eigenvalue weighted by Gasteiger charge is -2.20. The van der Waals surface area contributed by atoms with Crippen LogP contribution in [0.25, 0.3) is 0 Å². The van der Waals surface area contributed by atoms with Gasteiger partial charge in [-0.2, -0.15) is 0 Å². The maximum Gasteiger partial charge on any atom is 0.191 e. The number of pyridine rings is 1. The second-order valence-corrected chi connectivity index (χ2v) is 7.19. The number of halogens is 1. The van der Waals surface area contributed by atoms with Crippen molar-refractivity contribution in [2.24, 2.45) is 4.99 Å². The number of hydrogen-bond acceptors (Lipinski definition) is 3. The van der Waals surface area contributed by atoms with Gasteiger partial charge in [-0.05, 0) is 37.5 Å². The molecule has 1 aromatic heterocycles.